The minimum absolute atomic E-state index is 0.0530. The molecule has 1 heterocycles. The van der Waals surface area contributed by atoms with Gasteiger partial charge in [0.25, 0.3) is 0 Å². The molecule has 0 spiro atoms. The lowest BCUT2D eigenvalue weighted by Gasteiger charge is -2.18. The molecule has 0 aliphatic rings. The minimum atomic E-state index is -3.64. The third kappa shape index (κ3) is 4.30. The van der Waals surface area contributed by atoms with E-state index in [4.69, 9.17) is 5.26 Å². The molecule has 1 amide bonds. The summed E-state index contributed by atoms with van der Waals surface area (Å²) < 4.78 is 26.3. The molecule has 1 rings (SSSR count). The van der Waals surface area contributed by atoms with Gasteiger partial charge in [-0.05, 0) is 26.0 Å². The van der Waals surface area contributed by atoms with Gasteiger partial charge < -0.3 is 4.90 Å². The zero-order valence-corrected chi connectivity index (χ0v) is 13.1. The number of hydrogen-bond acceptors (Lipinski definition) is 5. The monoisotopic (exact) mass is 315 g/mol. The molecule has 0 radical (unpaired) electrons. The van der Waals surface area contributed by atoms with Gasteiger partial charge in [0.05, 0.1) is 0 Å². The van der Waals surface area contributed by atoms with E-state index in [9.17, 15) is 13.2 Å². The van der Waals surface area contributed by atoms with Crippen LogP contribution in [0.5, 0.6) is 0 Å². The molecular weight excluding hydrogens is 298 g/mol. The van der Waals surface area contributed by atoms with Crippen molar-refractivity contribution in [2.45, 2.75) is 24.5 Å². The molecule has 0 saturated heterocycles. The highest BCUT2D eigenvalue weighted by Gasteiger charge is 2.17. The maximum Gasteiger partial charge on any atom is 0.250 e. The Hall–Kier alpha value is -1.43. The fourth-order valence-electron chi connectivity index (χ4n) is 1.62. The highest BCUT2D eigenvalue weighted by molar-refractivity contribution is 7.91. The SMILES string of the molecule is CCN(CC)C(=O)CCNS(=O)(=O)c1ccc(C#N)s1. The average Bonchev–Trinajstić information content (AvgIpc) is 2.89. The van der Waals surface area contributed by atoms with Crippen molar-refractivity contribution >= 4 is 27.3 Å². The van der Waals surface area contributed by atoms with Crippen LogP contribution >= 0.6 is 11.3 Å². The van der Waals surface area contributed by atoms with Gasteiger partial charge in [-0.25, -0.2) is 13.1 Å². The van der Waals surface area contributed by atoms with Gasteiger partial charge in [-0.15, -0.1) is 11.3 Å². The number of amides is 1. The summed E-state index contributed by atoms with van der Waals surface area (Å²) in [6.45, 7) is 5.02. The van der Waals surface area contributed by atoms with E-state index in [2.05, 4.69) is 4.72 Å². The molecule has 0 bridgehead atoms. The van der Waals surface area contributed by atoms with E-state index >= 15 is 0 Å². The third-order valence-corrected chi connectivity index (χ3v) is 5.65. The van der Waals surface area contributed by atoms with Crippen LogP contribution in [0.1, 0.15) is 25.1 Å². The maximum atomic E-state index is 11.9. The van der Waals surface area contributed by atoms with Gasteiger partial charge >= 0.3 is 0 Å². The lowest BCUT2D eigenvalue weighted by Crippen LogP contribution is -2.34. The predicted octanol–water partition coefficient (Wildman–Crippen LogP) is 1.16. The van der Waals surface area contributed by atoms with Gasteiger partial charge in [0.2, 0.25) is 15.9 Å². The smallest absolute Gasteiger partial charge is 0.250 e. The van der Waals surface area contributed by atoms with Crippen LogP contribution in [0, 0.1) is 11.3 Å². The molecule has 0 aliphatic carbocycles. The predicted molar refractivity (Wildman–Crippen MR) is 76.8 cm³/mol. The number of sulfonamides is 1. The van der Waals surface area contributed by atoms with Crippen LogP contribution in [0.4, 0.5) is 0 Å². The average molecular weight is 315 g/mol. The summed E-state index contributed by atoms with van der Waals surface area (Å²) in [7, 11) is -3.64. The third-order valence-electron chi connectivity index (χ3n) is 2.70. The highest BCUT2D eigenvalue weighted by atomic mass is 32.2. The van der Waals surface area contributed by atoms with Crippen LogP contribution in [-0.4, -0.2) is 38.9 Å². The number of carbonyl (C=O) groups excluding carboxylic acids is 1. The molecule has 0 aliphatic heterocycles. The first-order valence-corrected chi connectivity index (χ1v) is 8.52. The summed E-state index contributed by atoms with van der Waals surface area (Å²) in [5.74, 6) is -0.0819. The van der Waals surface area contributed by atoms with Gasteiger partial charge in [-0.1, -0.05) is 0 Å². The molecule has 0 unspecified atom stereocenters. The summed E-state index contributed by atoms with van der Waals surface area (Å²) in [5, 5.41) is 8.68. The Morgan fingerprint density at radius 3 is 2.55 bits per heavy atom. The number of nitrogens with one attached hydrogen (secondary N) is 1. The highest BCUT2D eigenvalue weighted by Crippen LogP contribution is 2.20. The molecular formula is C12H17N3O3S2. The molecule has 1 aromatic heterocycles. The first kappa shape index (κ1) is 16.6. The van der Waals surface area contributed by atoms with E-state index < -0.39 is 10.0 Å². The van der Waals surface area contributed by atoms with E-state index in [1.165, 1.54) is 12.1 Å². The Balaban J connectivity index is 2.57. The first-order chi connectivity index (χ1) is 9.44. The Bertz CT molecular complexity index is 598. The molecule has 0 saturated carbocycles. The van der Waals surface area contributed by atoms with Gasteiger partial charge in [0.15, 0.2) is 0 Å². The minimum Gasteiger partial charge on any atom is -0.343 e. The summed E-state index contributed by atoms with van der Waals surface area (Å²) in [6, 6.07) is 4.73. The van der Waals surface area contributed by atoms with Gasteiger partial charge in [-0.2, -0.15) is 5.26 Å². The molecule has 20 heavy (non-hydrogen) atoms. The van der Waals surface area contributed by atoms with Gasteiger partial charge in [0.1, 0.15) is 15.2 Å². The summed E-state index contributed by atoms with van der Waals surface area (Å²) in [5.41, 5.74) is 0. The molecule has 0 aromatic carbocycles. The molecule has 8 heteroatoms. The van der Waals surface area contributed by atoms with Crippen LogP contribution in [0.3, 0.4) is 0 Å². The number of hydrogen-bond donors (Lipinski definition) is 1. The Labute approximate surface area is 123 Å². The van der Waals surface area contributed by atoms with E-state index in [0.29, 0.717) is 18.0 Å². The van der Waals surface area contributed by atoms with Crippen molar-refractivity contribution in [2.24, 2.45) is 0 Å². The fraction of sp³-hybridized carbons (Fsp3) is 0.500. The van der Waals surface area contributed by atoms with Crippen LogP contribution in [0.25, 0.3) is 0 Å². The second-order valence-electron chi connectivity index (χ2n) is 3.94. The van der Waals surface area contributed by atoms with Crippen LogP contribution in [-0.2, 0) is 14.8 Å². The number of thiophene rings is 1. The Morgan fingerprint density at radius 1 is 1.40 bits per heavy atom. The van der Waals surface area contributed by atoms with E-state index in [0.717, 1.165) is 11.3 Å². The molecule has 0 fully saturated rings. The quantitative estimate of drug-likeness (QED) is 0.817. The zero-order valence-electron chi connectivity index (χ0n) is 11.4. The molecule has 1 N–H and O–H groups in total. The second-order valence-corrected chi connectivity index (χ2v) is 7.02. The Kier molecular flexibility index (Phi) is 6.13. The number of nitrogens with zero attached hydrogens (tertiary/aromatic N) is 2. The van der Waals surface area contributed by atoms with Gasteiger partial charge in [0, 0.05) is 26.1 Å². The zero-order chi connectivity index (χ0) is 15.2. The van der Waals surface area contributed by atoms with Crippen molar-refractivity contribution in [1.29, 1.82) is 5.26 Å². The van der Waals surface area contributed by atoms with Crippen molar-refractivity contribution in [1.82, 2.24) is 9.62 Å². The number of carbonyl (C=O) groups is 1. The molecule has 6 nitrogen and oxygen atoms in total. The van der Waals surface area contributed by atoms with Crippen LogP contribution in [0.2, 0.25) is 0 Å². The van der Waals surface area contributed by atoms with E-state index in [1.807, 2.05) is 19.9 Å². The van der Waals surface area contributed by atoms with E-state index in [1.54, 1.807) is 4.90 Å². The molecule has 1 aromatic rings. The largest absolute Gasteiger partial charge is 0.343 e. The lowest BCUT2D eigenvalue weighted by atomic mass is 10.3. The molecule has 0 atom stereocenters. The summed E-state index contributed by atoms with van der Waals surface area (Å²) in [4.78, 5) is 13.7. The van der Waals surface area contributed by atoms with Gasteiger partial charge in [-0.3, -0.25) is 4.79 Å². The van der Waals surface area contributed by atoms with Crippen molar-refractivity contribution in [2.75, 3.05) is 19.6 Å². The van der Waals surface area contributed by atoms with Crippen LogP contribution in [0.15, 0.2) is 16.3 Å². The second kappa shape index (κ2) is 7.38. The van der Waals surface area contributed by atoms with Crippen molar-refractivity contribution < 1.29 is 13.2 Å². The van der Waals surface area contributed by atoms with Crippen LogP contribution < -0.4 is 4.72 Å². The van der Waals surface area contributed by atoms with Crippen molar-refractivity contribution in [3.05, 3.63) is 17.0 Å². The maximum absolute atomic E-state index is 11.9. The number of rotatable bonds is 7. The standard InChI is InChI=1S/C12H17N3O3S2/c1-3-15(4-2)11(16)7-8-14-20(17,18)12-6-5-10(9-13)19-12/h5-6,14H,3-4,7-8H2,1-2H3. The molecule has 110 valence electrons. The normalized spacial score (nSPS) is 11.1. The van der Waals surface area contributed by atoms with E-state index in [-0.39, 0.29) is 23.1 Å². The fourth-order valence-corrected chi connectivity index (χ4v) is 3.80. The summed E-state index contributed by atoms with van der Waals surface area (Å²) in [6.07, 6.45) is 0.122. The van der Waals surface area contributed by atoms with Crippen molar-refractivity contribution in [3.8, 4) is 6.07 Å². The first-order valence-electron chi connectivity index (χ1n) is 6.22. The Morgan fingerprint density at radius 2 is 2.05 bits per heavy atom. The lowest BCUT2D eigenvalue weighted by molar-refractivity contribution is -0.130. The number of nitriles is 1. The summed E-state index contributed by atoms with van der Waals surface area (Å²) >= 11 is 0.907. The topological polar surface area (TPSA) is 90.3 Å². The van der Waals surface area contributed by atoms with Crippen molar-refractivity contribution in [3.63, 3.8) is 0 Å².